The fraction of sp³-hybridized carbons (Fsp3) is 0.364. The topological polar surface area (TPSA) is 56.0 Å². The van der Waals surface area contributed by atoms with E-state index >= 15 is 0 Å². The van der Waals surface area contributed by atoms with E-state index in [2.05, 4.69) is 11.4 Å². The molecule has 0 saturated heterocycles. The zero-order chi connectivity index (χ0) is 10.7. The molecule has 0 amide bonds. The van der Waals surface area contributed by atoms with Gasteiger partial charge < -0.3 is 10.4 Å². The Balaban J connectivity index is 3.19. The number of aromatic hydroxyl groups is 1. The Bertz CT molecular complexity index is 356. The predicted molar refractivity (Wildman–Crippen MR) is 55.0 cm³/mol. The molecule has 0 aliphatic heterocycles. The number of aryl methyl sites for hydroxylation is 2. The van der Waals surface area contributed by atoms with Crippen molar-refractivity contribution in [1.82, 2.24) is 5.32 Å². The Labute approximate surface area is 84.0 Å². The number of nitriles is 1. The van der Waals surface area contributed by atoms with Gasteiger partial charge in [-0.15, -0.1) is 0 Å². The standard InChI is InChI=1S/C11H14N2O/c1-7-4-9(10(6-12)13-3)5-8(2)11(7)14/h4-5,10,13-14H,1-3H3. The zero-order valence-corrected chi connectivity index (χ0v) is 8.63. The molecule has 0 aromatic heterocycles. The maximum absolute atomic E-state index is 9.55. The van der Waals surface area contributed by atoms with Crippen molar-refractivity contribution in [2.75, 3.05) is 7.05 Å². The number of hydrogen-bond donors (Lipinski definition) is 2. The summed E-state index contributed by atoms with van der Waals surface area (Å²) in [6, 6.07) is 5.49. The average molecular weight is 190 g/mol. The van der Waals surface area contributed by atoms with Crippen LogP contribution in [0.5, 0.6) is 5.75 Å². The van der Waals surface area contributed by atoms with Crippen molar-refractivity contribution in [2.24, 2.45) is 0 Å². The number of phenolic OH excluding ortho intramolecular Hbond substituents is 1. The molecule has 2 N–H and O–H groups in total. The van der Waals surface area contributed by atoms with Crippen LogP contribution in [0.15, 0.2) is 12.1 Å². The Morgan fingerprint density at radius 2 is 1.86 bits per heavy atom. The molecule has 74 valence electrons. The molecule has 0 radical (unpaired) electrons. The van der Waals surface area contributed by atoms with Crippen LogP contribution in [0, 0.1) is 25.2 Å². The lowest BCUT2D eigenvalue weighted by atomic mass is 10.0. The Morgan fingerprint density at radius 1 is 1.36 bits per heavy atom. The number of rotatable bonds is 2. The van der Waals surface area contributed by atoms with Gasteiger partial charge in [0.15, 0.2) is 0 Å². The molecule has 0 saturated carbocycles. The maximum Gasteiger partial charge on any atom is 0.121 e. The van der Waals surface area contributed by atoms with Crippen LogP contribution in [0.1, 0.15) is 22.7 Å². The lowest BCUT2D eigenvalue weighted by Gasteiger charge is -2.11. The number of nitrogens with zero attached hydrogens (tertiary/aromatic N) is 1. The van der Waals surface area contributed by atoms with E-state index in [9.17, 15) is 5.11 Å². The summed E-state index contributed by atoms with van der Waals surface area (Å²) in [7, 11) is 1.74. The average Bonchev–Trinajstić information content (AvgIpc) is 2.16. The van der Waals surface area contributed by atoms with Gasteiger partial charge in [0.2, 0.25) is 0 Å². The molecular weight excluding hydrogens is 176 g/mol. The molecular formula is C11H14N2O. The number of phenols is 1. The fourth-order valence-electron chi connectivity index (χ4n) is 1.46. The predicted octanol–water partition coefficient (Wildman–Crippen LogP) is 1.79. The summed E-state index contributed by atoms with van der Waals surface area (Å²) in [6.07, 6.45) is 0. The van der Waals surface area contributed by atoms with E-state index in [1.165, 1.54) is 0 Å². The van der Waals surface area contributed by atoms with Crippen LogP contribution < -0.4 is 5.32 Å². The highest BCUT2D eigenvalue weighted by atomic mass is 16.3. The SMILES string of the molecule is CNC(C#N)c1cc(C)c(O)c(C)c1. The summed E-state index contributed by atoms with van der Waals surface area (Å²) in [6.45, 7) is 3.66. The van der Waals surface area contributed by atoms with Crippen LogP contribution in [-0.2, 0) is 0 Å². The first-order chi connectivity index (χ1) is 6.60. The van der Waals surface area contributed by atoms with Gasteiger partial charge in [-0.1, -0.05) is 0 Å². The van der Waals surface area contributed by atoms with Crippen LogP contribution in [0.3, 0.4) is 0 Å². The highest BCUT2D eigenvalue weighted by Gasteiger charge is 2.10. The van der Waals surface area contributed by atoms with Gasteiger partial charge in [-0.05, 0) is 49.7 Å². The van der Waals surface area contributed by atoms with Gasteiger partial charge >= 0.3 is 0 Å². The van der Waals surface area contributed by atoms with Gasteiger partial charge in [-0.2, -0.15) is 5.26 Å². The first-order valence-electron chi connectivity index (χ1n) is 4.47. The third-order valence-electron chi connectivity index (χ3n) is 2.26. The largest absolute Gasteiger partial charge is 0.507 e. The van der Waals surface area contributed by atoms with Crippen LogP contribution >= 0.6 is 0 Å². The molecule has 14 heavy (non-hydrogen) atoms. The summed E-state index contributed by atoms with van der Waals surface area (Å²) >= 11 is 0. The van der Waals surface area contributed by atoms with Crippen LogP contribution in [-0.4, -0.2) is 12.2 Å². The number of hydrogen-bond acceptors (Lipinski definition) is 3. The first kappa shape index (κ1) is 10.6. The molecule has 0 aliphatic rings. The van der Waals surface area contributed by atoms with Crippen molar-refractivity contribution in [1.29, 1.82) is 5.26 Å². The minimum Gasteiger partial charge on any atom is -0.507 e. The van der Waals surface area contributed by atoms with Crippen molar-refractivity contribution >= 4 is 0 Å². The zero-order valence-electron chi connectivity index (χ0n) is 8.63. The smallest absolute Gasteiger partial charge is 0.121 e. The Hall–Kier alpha value is -1.53. The Kier molecular flexibility index (Phi) is 3.10. The van der Waals surface area contributed by atoms with Gasteiger partial charge in [0, 0.05) is 0 Å². The lowest BCUT2D eigenvalue weighted by molar-refractivity contribution is 0.466. The normalized spacial score (nSPS) is 12.1. The van der Waals surface area contributed by atoms with Crippen molar-refractivity contribution in [2.45, 2.75) is 19.9 Å². The summed E-state index contributed by atoms with van der Waals surface area (Å²) in [4.78, 5) is 0. The fourth-order valence-corrected chi connectivity index (χ4v) is 1.46. The summed E-state index contributed by atoms with van der Waals surface area (Å²) < 4.78 is 0. The minimum atomic E-state index is -0.312. The molecule has 0 spiro atoms. The monoisotopic (exact) mass is 190 g/mol. The third-order valence-corrected chi connectivity index (χ3v) is 2.26. The van der Waals surface area contributed by atoms with Gasteiger partial charge in [-0.25, -0.2) is 0 Å². The molecule has 0 bridgehead atoms. The second kappa shape index (κ2) is 4.12. The summed E-state index contributed by atoms with van der Waals surface area (Å²) in [5.74, 6) is 0.307. The molecule has 0 fully saturated rings. The van der Waals surface area contributed by atoms with E-state index in [0.717, 1.165) is 16.7 Å². The maximum atomic E-state index is 9.55. The molecule has 0 aliphatic carbocycles. The van der Waals surface area contributed by atoms with E-state index in [1.54, 1.807) is 7.05 Å². The van der Waals surface area contributed by atoms with Crippen molar-refractivity contribution < 1.29 is 5.11 Å². The summed E-state index contributed by atoms with van der Waals surface area (Å²) in [5, 5.41) is 21.3. The van der Waals surface area contributed by atoms with Gasteiger partial charge in [0.1, 0.15) is 11.8 Å². The number of benzene rings is 1. The lowest BCUT2D eigenvalue weighted by Crippen LogP contribution is -2.14. The highest BCUT2D eigenvalue weighted by molar-refractivity contribution is 5.44. The van der Waals surface area contributed by atoms with Gasteiger partial charge in [0.05, 0.1) is 6.07 Å². The Morgan fingerprint density at radius 3 is 2.21 bits per heavy atom. The van der Waals surface area contributed by atoms with Crippen LogP contribution in [0.4, 0.5) is 0 Å². The first-order valence-corrected chi connectivity index (χ1v) is 4.47. The van der Waals surface area contributed by atoms with Crippen molar-refractivity contribution in [3.8, 4) is 11.8 Å². The molecule has 1 aromatic carbocycles. The molecule has 1 unspecified atom stereocenters. The third kappa shape index (κ3) is 1.86. The molecule has 1 rings (SSSR count). The van der Waals surface area contributed by atoms with Crippen LogP contribution in [0.2, 0.25) is 0 Å². The molecule has 3 heteroatoms. The second-order valence-corrected chi connectivity index (χ2v) is 3.35. The van der Waals surface area contributed by atoms with E-state index in [0.29, 0.717) is 5.75 Å². The molecule has 1 atom stereocenters. The van der Waals surface area contributed by atoms with Crippen molar-refractivity contribution in [3.05, 3.63) is 28.8 Å². The number of nitrogens with one attached hydrogen (secondary N) is 1. The van der Waals surface area contributed by atoms with Gasteiger partial charge in [-0.3, -0.25) is 0 Å². The van der Waals surface area contributed by atoms with E-state index in [4.69, 9.17) is 5.26 Å². The van der Waals surface area contributed by atoms with E-state index in [1.807, 2.05) is 26.0 Å². The molecule has 0 heterocycles. The van der Waals surface area contributed by atoms with Gasteiger partial charge in [0.25, 0.3) is 0 Å². The highest BCUT2D eigenvalue weighted by Crippen LogP contribution is 2.25. The minimum absolute atomic E-state index is 0.307. The quantitative estimate of drug-likeness (QED) is 0.747. The van der Waals surface area contributed by atoms with Crippen LogP contribution in [0.25, 0.3) is 0 Å². The molecule has 1 aromatic rings. The van der Waals surface area contributed by atoms with E-state index in [-0.39, 0.29) is 6.04 Å². The summed E-state index contributed by atoms with van der Waals surface area (Å²) in [5.41, 5.74) is 2.49. The second-order valence-electron chi connectivity index (χ2n) is 3.35. The molecule has 3 nitrogen and oxygen atoms in total. The van der Waals surface area contributed by atoms with E-state index < -0.39 is 0 Å². The van der Waals surface area contributed by atoms with Crippen molar-refractivity contribution in [3.63, 3.8) is 0 Å².